The summed E-state index contributed by atoms with van der Waals surface area (Å²) < 4.78 is 1.79. The van der Waals surface area contributed by atoms with Gasteiger partial charge in [-0.3, -0.25) is 0 Å². The fourth-order valence-corrected chi connectivity index (χ4v) is 3.58. The van der Waals surface area contributed by atoms with Crippen molar-refractivity contribution in [3.63, 3.8) is 0 Å². The van der Waals surface area contributed by atoms with Gasteiger partial charge in [0.2, 0.25) is 0 Å². The molecule has 21 heavy (non-hydrogen) atoms. The van der Waals surface area contributed by atoms with Crippen molar-refractivity contribution >= 4 is 22.2 Å². The number of fused-ring (bicyclic) bond motifs is 3. The zero-order valence-electron chi connectivity index (χ0n) is 12.4. The molecule has 4 rings (SSSR count). The summed E-state index contributed by atoms with van der Waals surface area (Å²) in [5.41, 5.74) is 0.826. The quantitative estimate of drug-likeness (QED) is 0.688. The molecular weight excluding hydrogens is 262 g/mol. The summed E-state index contributed by atoms with van der Waals surface area (Å²) in [7, 11) is 0. The van der Waals surface area contributed by atoms with E-state index in [4.69, 9.17) is 5.10 Å². The van der Waals surface area contributed by atoms with Gasteiger partial charge in [0, 0.05) is 23.9 Å². The largest absolute Gasteiger partial charge is 0.354 e. The highest BCUT2D eigenvalue weighted by Crippen LogP contribution is 2.31. The maximum absolute atomic E-state index is 4.77. The maximum Gasteiger partial charge on any atom is 0.185 e. The molecule has 0 N–H and O–H groups in total. The maximum atomic E-state index is 4.77. The Morgan fingerprint density at radius 2 is 1.76 bits per heavy atom. The molecule has 3 aromatic rings. The van der Waals surface area contributed by atoms with Crippen LogP contribution in [-0.2, 0) is 0 Å². The summed E-state index contributed by atoms with van der Waals surface area (Å²) in [5.74, 6) is 2.45. The van der Waals surface area contributed by atoms with Gasteiger partial charge in [0.05, 0.1) is 0 Å². The van der Waals surface area contributed by atoms with Crippen LogP contribution in [-0.4, -0.2) is 32.9 Å². The van der Waals surface area contributed by atoms with Gasteiger partial charge < -0.3 is 4.90 Å². The van der Waals surface area contributed by atoms with Crippen LogP contribution in [0.5, 0.6) is 0 Å². The van der Waals surface area contributed by atoms with E-state index >= 15 is 0 Å². The minimum atomic E-state index is 0.700. The highest BCUT2D eigenvalue weighted by molar-refractivity contribution is 6.00. The molecule has 2 aromatic heterocycles. The molecule has 1 aliphatic heterocycles. The first-order chi connectivity index (χ1) is 10.2. The van der Waals surface area contributed by atoms with Crippen LogP contribution in [0.1, 0.15) is 20.3 Å². The number of benzene rings is 1. The standard InChI is InChI=1S/C16H19N5/c1-11-7-12(2)9-20(8-11)16-14-6-4-3-5-13(14)15-18-17-10-21(15)19-16/h3-6,10-12H,7-9H2,1-2H3/t11-,12-/m0/s1. The Balaban J connectivity index is 1.93. The van der Waals surface area contributed by atoms with Crippen molar-refractivity contribution < 1.29 is 0 Å². The molecule has 5 nitrogen and oxygen atoms in total. The van der Waals surface area contributed by atoms with E-state index in [1.54, 1.807) is 10.8 Å². The van der Waals surface area contributed by atoms with E-state index < -0.39 is 0 Å². The molecule has 1 aliphatic rings. The molecule has 0 radical (unpaired) electrons. The average molecular weight is 281 g/mol. The number of anilines is 1. The molecular formula is C16H19N5. The zero-order valence-corrected chi connectivity index (χ0v) is 12.4. The SMILES string of the molecule is C[C@H]1C[C@H](C)CN(c2nn3cnnc3c3ccccc23)C1. The highest BCUT2D eigenvalue weighted by atomic mass is 15.4. The first-order valence-electron chi connectivity index (χ1n) is 7.56. The van der Waals surface area contributed by atoms with Gasteiger partial charge in [0.25, 0.3) is 0 Å². The second-order valence-electron chi connectivity index (χ2n) is 6.32. The van der Waals surface area contributed by atoms with E-state index in [-0.39, 0.29) is 0 Å². The Bertz CT molecular complexity index is 784. The minimum absolute atomic E-state index is 0.700. The van der Waals surface area contributed by atoms with Crippen LogP contribution in [0, 0.1) is 11.8 Å². The van der Waals surface area contributed by atoms with Crippen LogP contribution < -0.4 is 4.90 Å². The van der Waals surface area contributed by atoms with Crippen molar-refractivity contribution in [3.8, 4) is 0 Å². The minimum Gasteiger partial charge on any atom is -0.354 e. The molecule has 1 fully saturated rings. The zero-order chi connectivity index (χ0) is 14.4. The van der Waals surface area contributed by atoms with E-state index in [2.05, 4.69) is 47.1 Å². The van der Waals surface area contributed by atoms with Crippen LogP contribution >= 0.6 is 0 Å². The van der Waals surface area contributed by atoms with Crippen LogP contribution in [0.4, 0.5) is 5.82 Å². The number of nitrogens with zero attached hydrogens (tertiary/aromatic N) is 5. The fraction of sp³-hybridized carbons (Fsp3) is 0.438. The lowest BCUT2D eigenvalue weighted by Crippen LogP contribution is -2.39. The summed E-state index contributed by atoms with van der Waals surface area (Å²) >= 11 is 0. The van der Waals surface area contributed by atoms with Gasteiger partial charge >= 0.3 is 0 Å². The molecule has 0 bridgehead atoms. The van der Waals surface area contributed by atoms with Gasteiger partial charge in [-0.15, -0.1) is 15.3 Å². The first-order valence-corrected chi connectivity index (χ1v) is 7.56. The first kappa shape index (κ1) is 12.6. The summed E-state index contributed by atoms with van der Waals surface area (Å²) in [6.45, 7) is 6.77. The molecule has 0 spiro atoms. The second kappa shape index (κ2) is 4.69. The lowest BCUT2D eigenvalue weighted by Gasteiger charge is -2.36. The Hall–Kier alpha value is -2.17. The van der Waals surface area contributed by atoms with Gasteiger partial charge in [-0.05, 0) is 18.3 Å². The lowest BCUT2D eigenvalue weighted by molar-refractivity contribution is 0.355. The van der Waals surface area contributed by atoms with Crippen molar-refractivity contribution in [1.82, 2.24) is 19.8 Å². The third-order valence-electron chi connectivity index (χ3n) is 4.31. The molecule has 0 amide bonds. The summed E-state index contributed by atoms with van der Waals surface area (Å²) in [5, 5.41) is 15.3. The van der Waals surface area contributed by atoms with Gasteiger partial charge in [0.1, 0.15) is 6.33 Å². The Morgan fingerprint density at radius 1 is 1.05 bits per heavy atom. The van der Waals surface area contributed by atoms with E-state index in [0.717, 1.165) is 29.9 Å². The summed E-state index contributed by atoms with van der Waals surface area (Å²) in [4.78, 5) is 2.42. The summed E-state index contributed by atoms with van der Waals surface area (Å²) in [6, 6.07) is 8.34. The normalized spacial score (nSPS) is 23.0. The molecule has 108 valence electrons. The molecule has 2 atom stereocenters. The molecule has 0 aliphatic carbocycles. The highest BCUT2D eigenvalue weighted by Gasteiger charge is 2.25. The molecule has 3 heterocycles. The van der Waals surface area contributed by atoms with E-state index in [1.807, 2.05) is 6.07 Å². The van der Waals surface area contributed by atoms with Crippen molar-refractivity contribution in [2.24, 2.45) is 11.8 Å². The Morgan fingerprint density at radius 3 is 2.52 bits per heavy atom. The topological polar surface area (TPSA) is 46.3 Å². The third-order valence-corrected chi connectivity index (χ3v) is 4.31. The van der Waals surface area contributed by atoms with Crippen LogP contribution in [0.3, 0.4) is 0 Å². The van der Waals surface area contributed by atoms with E-state index in [1.165, 1.54) is 11.8 Å². The fourth-order valence-electron chi connectivity index (χ4n) is 3.58. The lowest BCUT2D eigenvalue weighted by atomic mass is 9.92. The molecule has 5 heteroatoms. The Labute approximate surface area is 123 Å². The molecule has 0 unspecified atom stereocenters. The molecule has 0 saturated carbocycles. The second-order valence-corrected chi connectivity index (χ2v) is 6.32. The predicted molar refractivity (Wildman–Crippen MR) is 83.4 cm³/mol. The van der Waals surface area contributed by atoms with Crippen molar-refractivity contribution in [1.29, 1.82) is 0 Å². The van der Waals surface area contributed by atoms with Gasteiger partial charge in [-0.1, -0.05) is 38.1 Å². The van der Waals surface area contributed by atoms with Crippen LogP contribution in [0.25, 0.3) is 16.4 Å². The predicted octanol–water partition coefficient (Wildman–Crippen LogP) is 2.76. The van der Waals surface area contributed by atoms with Crippen molar-refractivity contribution in [3.05, 3.63) is 30.6 Å². The summed E-state index contributed by atoms with van der Waals surface area (Å²) in [6.07, 6.45) is 2.98. The van der Waals surface area contributed by atoms with E-state index in [0.29, 0.717) is 11.8 Å². The van der Waals surface area contributed by atoms with Gasteiger partial charge in [-0.2, -0.15) is 4.52 Å². The monoisotopic (exact) mass is 281 g/mol. The van der Waals surface area contributed by atoms with Crippen molar-refractivity contribution in [2.45, 2.75) is 20.3 Å². The Kier molecular flexibility index (Phi) is 2.80. The molecule has 1 aromatic carbocycles. The smallest absolute Gasteiger partial charge is 0.185 e. The van der Waals surface area contributed by atoms with Gasteiger partial charge in [-0.25, -0.2) is 0 Å². The van der Waals surface area contributed by atoms with Crippen LogP contribution in [0.2, 0.25) is 0 Å². The molecule has 1 saturated heterocycles. The number of hydrogen-bond donors (Lipinski definition) is 0. The number of piperidine rings is 1. The third kappa shape index (κ3) is 2.04. The van der Waals surface area contributed by atoms with Gasteiger partial charge in [0.15, 0.2) is 11.5 Å². The van der Waals surface area contributed by atoms with E-state index in [9.17, 15) is 0 Å². The number of hydrogen-bond acceptors (Lipinski definition) is 4. The number of rotatable bonds is 1. The van der Waals surface area contributed by atoms with Crippen molar-refractivity contribution in [2.75, 3.05) is 18.0 Å². The number of aromatic nitrogens is 4. The van der Waals surface area contributed by atoms with Crippen LogP contribution in [0.15, 0.2) is 30.6 Å². The average Bonchev–Trinajstić information content (AvgIpc) is 2.94.